The molecule has 4 rings (SSSR count). The molecule has 2 fully saturated rings. The molecule has 6 atom stereocenters. The Hall–Kier alpha value is -4.87. The summed E-state index contributed by atoms with van der Waals surface area (Å²) in [6.45, 7) is 12.4. The van der Waals surface area contributed by atoms with E-state index in [0.29, 0.717) is 17.7 Å². The van der Waals surface area contributed by atoms with Crippen LogP contribution in [-0.4, -0.2) is 102 Å². The van der Waals surface area contributed by atoms with Crippen molar-refractivity contribution in [3.05, 3.63) is 48.0 Å². The highest BCUT2D eigenvalue weighted by atomic mass is 19.4. The highest BCUT2D eigenvalue weighted by molar-refractivity contribution is 6.38. The van der Waals surface area contributed by atoms with Crippen LogP contribution < -0.4 is 21.3 Å². The van der Waals surface area contributed by atoms with Crippen molar-refractivity contribution in [2.45, 2.75) is 90.6 Å². The monoisotopic (exact) mass is 756 g/mol. The molecule has 4 N–H and O–H groups in total. The number of urea groups is 1. The molecule has 54 heavy (non-hydrogen) atoms. The zero-order valence-electron chi connectivity index (χ0n) is 31.6. The average Bonchev–Trinajstić information content (AvgIpc) is 3.45. The summed E-state index contributed by atoms with van der Waals surface area (Å²) in [6.07, 6.45) is 2.70. The van der Waals surface area contributed by atoms with Crippen molar-refractivity contribution in [3.63, 3.8) is 0 Å². The number of Topliss-reactive ketones (excluding diaryl/α,β-unsaturated/α-hetero) is 1. The molecule has 1 aromatic rings. The highest BCUT2D eigenvalue weighted by Gasteiger charge is 2.70. The summed E-state index contributed by atoms with van der Waals surface area (Å²) < 4.78 is 39.6. The number of piperidine rings is 1. The first-order chi connectivity index (χ1) is 25.1. The van der Waals surface area contributed by atoms with E-state index in [1.807, 2.05) is 38.1 Å². The number of halogens is 3. The van der Waals surface area contributed by atoms with Gasteiger partial charge in [0.05, 0.1) is 12.1 Å². The van der Waals surface area contributed by atoms with Crippen molar-refractivity contribution in [1.82, 2.24) is 31.1 Å². The molecule has 3 aliphatic rings. The molecule has 1 aliphatic heterocycles. The van der Waals surface area contributed by atoms with Gasteiger partial charge in [0.25, 0.3) is 5.91 Å². The third-order valence-electron chi connectivity index (χ3n) is 11.1. The van der Waals surface area contributed by atoms with E-state index >= 15 is 0 Å². The second-order valence-electron chi connectivity index (χ2n) is 16.2. The Kier molecular flexibility index (Phi) is 12.6. The molecule has 1 unspecified atom stereocenters. The topological polar surface area (TPSA) is 157 Å². The van der Waals surface area contributed by atoms with Crippen LogP contribution in [0.25, 0.3) is 0 Å². The molecule has 2 aliphatic carbocycles. The Morgan fingerprint density at radius 2 is 1.67 bits per heavy atom. The molecular formula is C39H51F3N6O6. The third kappa shape index (κ3) is 9.25. The van der Waals surface area contributed by atoms with Crippen LogP contribution in [0.1, 0.15) is 58.6 Å². The van der Waals surface area contributed by atoms with Crippen LogP contribution in [0.2, 0.25) is 0 Å². The van der Waals surface area contributed by atoms with Crippen molar-refractivity contribution >= 4 is 35.4 Å². The van der Waals surface area contributed by atoms with Gasteiger partial charge in [0.1, 0.15) is 12.1 Å². The van der Waals surface area contributed by atoms with E-state index in [1.165, 1.54) is 11.0 Å². The van der Waals surface area contributed by atoms with Crippen LogP contribution in [-0.2, 0) is 36.8 Å². The summed E-state index contributed by atoms with van der Waals surface area (Å²) in [6, 6.07) is 2.39. The maximum Gasteiger partial charge on any atom is 0.471 e. The largest absolute Gasteiger partial charge is 0.471 e. The zero-order valence-corrected chi connectivity index (χ0v) is 31.6. The lowest BCUT2D eigenvalue weighted by Crippen LogP contribution is -2.62. The second-order valence-corrected chi connectivity index (χ2v) is 16.2. The SMILES string of the molecule is C#CCCC(NC(=O)[C@@H]1[C@@H]2[C@H](CN1C(=O)[C@@H](NC(=O)N[C@H](CN(C)C(=O)C(F)(F)F)C(C)(C)C)C1Cc3ccccc3C1)C2(C)C)C(=O)C(=O)NCC=C. The van der Waals surface area contributed by atoms with Crippen molar-refractivity contribution in [1.29, 1.82) is 0 Å². The third-order valence-corrected chi connectivity index (χ3v) is 11.1. The van der Waals surface area contributed by atoms with Gasteiger partial charge in [-0.05, 0) is 59.0 Å². The quantitative estimate of drug-likeness (QED) is 0.130. The molecule has 15 heteroatoms. The molecule has 6 amide bonds. The number of carbonyl (C=O) groups excluding carboxylic acids is 6. The second kappa shape index (κ2) is 16.2. The number of hydrogen-bond acceptors (Lipinski definition) is 6. The van der Waals surface area contributed by atoms with Gasteiger partial charge in [0.2, 0.25) is 17.6 Å². The fraction of sp³-hybridized carbons (Fsp3) is 0.590. The standard InChI is InChI=1S/C39H51F3N6O6/c1-9-11-16-26(31(49)33(51)43-17-10-2)44-32(50)30-28-25(38(28,6)7)20-48(30)34(52)29(24-18-22-14-12-13-15-23(22)19-24)46-36(54)45-27(37(3,4)5)21-47(8)35(53)39(40,41)42/h1,10,12-15,24-30H,2,11,16-21H2,3-8H3,(H,43,51)(H,44,50)(H2,45,46,54)/t25-,26?,27+,28-,29-,30-/m0/s1. The van der Waals surface area contributed by atoms with Crippen LogP contribution in [0.4, 0.5) is 18.0 Å². The Bertz CT molecular complexity index is 1670. The van der Waals surface area contributed by atoms with Gasteiger partial charge in [-0.1, -0.05) is 65.0 Å². The molecule has 1 saturated carbocycles. The van der Waals surface area contributed by atoms with Crippen LogP contribution in [0.15, 0.2) is 36.9 Å². The van der Waals surface area contributed by atoms with Crippen molar-refractivity contribution in [2.24, 2.45) is 28.6 Å². The van der Waals surface area contributed by atoms with Crippen molar-refractivity contribution in [2.75, 3.05) is 26.7 Å². The van der Waals surface area contributed by atoms with E-state index in [2.05, 4.69) is 33.8 Å². The first-order valence-corrected chi connectivity index (χ1v) is 18.1. The number of likely N-dealkylation sites (N-methyl/N-ethyl adjacent to an activating group) is 1. The normalized spacial score (nSPS) is 21.6. The number of nitrogens with one attached hydrogen (secondary N) is 4. The molecule has 0 bridgehead atoms. The van der Waals surface area contributed by atoms with E-state index < -0.39 is 83.7 Å². The minimum atomic E-state index is -5.10. The maximum atomic E-state index is 14.7. The van der Waals surface area contributed by atoms with E-state index in [4.69, 9.17) is 6.42 Å². The lowest BCUT2D eigenvalue weighted by Gasteiger charge is -2.37. The number of hydrogen-bond donors (Lipinski definition) is 4. The maximum absolute atomic E-state index is 14.7. The molecule has 0 radical (unpaired) electrons. The van der Waals surface area contributed by atoms with Crippen LogP contribution >= 0.6 is 0 Å². The highest BCUT2D eigenvalue weighted by Crippen LogP contribution is 2.65. The summed E-state index contributed by atoms with van der Waals surface area (Å²) in [4.78, 5) is 82.2. The Morgan fingerprint density at radius 3 is 2.20 bits per heavy atom. The van der Waals surface area contributed by atoms with Crippen LogP contribution in [0.5, 0.6) is 0 Å². The summed E-state index contributed by atoms with van der Waals surface area (Å²) >= 11 is 0. The number of nitrogens with zero attached hydrogens (tertiary/aromatic N) is 2. The predicted molar refractivity (Wildman–Crippen MR) is 194 cm³/mol. The number of terminal acetylenes is 1. The van der Waals surface area contributed by atoms with Gasteiger partial charge < -0.3 is 31.1 Å². The predicted octanol–water partition coefficient (Wildman–Crippen LogP) is 2.76. The number of amides is 6. The Labute approximate surface area is 314 Å². The Balaban J connectivity index is 1.62. The van der Waals surface area contributed by atoms with E-state index in [0.717, 1.165) is 18.2 Å². The molecule has 294 valence electrons. The van der Waals surface area contributed by atoms with Gasteiger partial charge in [-0.25, -0.2) is 4.79 Å². The molecular weight excluding hydrogens is 705 g/mol. The lowest BCUT2D eigenvalue weighted by molar-refractivity contribution is -0.184. The number of carbonyl (C=O) groups is 6. The number of ketones is 1. The fourth-order valence-electron chi connectivity index (χ4n) is 7.82. The van der Waals surface area contributed by atoms with Crippen LogP contribution in [0.3, 0.4) is 0 Å². The van der Waals surface area contributed by atoms with E-state index in [-0.39, 0.29) is 43.2 Å². The molecule has 0 aromatic heterocycles. The molecule has 12 nitrogen and oxygen atoms in total. The minimum Gasteiger partial charge on any atom is -0.346 e. The molecule has 1 aromatic carbocycles. The lowest BCUT2D eigenvalue weighted by atomic mass is 9.86. The number of benzene rings is 1. The van der Waals surface area contributed by atoms with Gasteiger partial charge in [-0.3, -0.25) is 24.0 Å². The number of alkyl halides is 3. The average molecular weight is 757 g/mol. The molecule has 1 saturated heterocycles. The number of rotatable bonds is 14. The van der Waals surface area contributed by atoms with E-state index in [9.17, 15) is 41.9 Å². The minimum absolute atomic E-state index is 0.00980. The fourth-order valence-corrected chi connectivity index (χ4v) is 7.82. The number of fused-ring (bicyclic) bond motifs is 2. The smallest absolute Gasteiger partial charge is 0.346 e. The summed E-state index contributed by atoms with van der Waals surface area (Å²) in [7, 11) is 1.000. The molecule has 1 heterocycles. The van der Waals surface area contributed by atoms with Crippen molar-refractivity contribution < 1.29 is 41.9 Å². The van der Waals surface area contributed by atoms with Gasteiger partial charge >= 0.3 is 18.1 Å². The van der Waals surface area contributed by atoms with Gasteiger partial charge in [0.15, 0.2) is 0 Å². The zero-order chi connectivity index (χ0) is 40.3. The van der Waals surface area contributed by atoms with Gasteiger partial charge in [-0.2, -0.15) is 13.2 Å². The summed E-state index contributed by atoms with van der Waals surface area (Å²) in [5.41, 5.74) is 0.863. The van der Waals surface area contributed by atoms with Crippen molar-refractivity contribution in [3.8, 4) is 12.3 Å². The van der Waals surface area contributed by atoms with Crippen LogP contribution in [0, 0.1) is 40.9 Å². The first-order valence-electron chi connectivity index (χ1n) is 18.1. The van der Waals surface area contributed by atoms with E-state index in [1.54, 1.807) is 20.8 Å². The van der Waals surface area contributed by atoms with Gasteiger partial charge in [-0.15, -0.1) is 18.9 Å². The first kappa shape index (κ1) is 41.9. The van der Waals surface area contributed by atoms with Gasteiger partial charge in [0, 0.05) is 33.1 Å². The summed E-state index contributed by atoms with van der Waals surface area (Å²) in [5.74, 6) is -3.37. The number of likely N-dealkylation sites (tertiary alicyclic amines) is 1. The Morgan fingerprint density at radius 1 is 1.06 bits per heavy atom. The summed E-state index contributed by atoms with van der Waals surface area (Å²) in [5, 5.41) is 10.6. The molecule has 0 spiro atoms.